The minimum atomic E-state index is -0.303. The molecule has 8 aromatic carbocycles. The predicted molar refractivity (Wildman–Crippen MR) is 218 cm³/mol. The average Bonchev–Trinajstić information content (AvgIpc) is 3.74. The Kier molecular flexibility index (Phi) is 5.83. The average molecular weight is 677 g/mol. The number of para-hydroxylation sites is 5. The largest absolute Gasteiger partial charge is 0.551 e. The molecule has 5 heteroatoms. The van der Waals surface area contributed by atoms with Gasteiger partial charge >= 0.3 is 6.92 Å². The smallest absolute Gasteiger partial charge is 0.434 e. The molecular formula is C48H29BN2O2. The molecule has 0 aliphatic carbocycles. The molecule has 0 radical (unpaired) electrons. The van der Waals surface area contributed by atoms with Crippen LogP contribution in [0.25, 0.3) is 77.2 Å². The Morgan fingerprint density at radius 2 is 0.906 bits per heavy atom. The van der Waals surface area contributed by atoms with Crippen LogP contribution >= 0.6 is 0 Å². The van der Waals surface area contributed by atoms with Crippen molar-refractivity contribution in [2.75, 3.05) is 0 Å². The molecule has 2 aliphatic heterocycles. The van der Waals surface area contributed by atoms with Gasteiger partial charge in [-0.05, 0) is 71.3 Å². The molecule has 4 nitrogen and oxygen atoms in total. The second-order valence-electron chi connectivity index (χ2n) is 14.0. The van der Waals surface area contributed by atoms with E-state index in [1.807, 2.05) is 0 Å². The zero-order valence-electron chi connectivity index (χ0n) is 28.5. The van der Waals surface area contributed by atoms with Crippen molar-refractivity contribution in [3.05, 3.63) is 176 Å². The van der Waals surface area contributed by atoms with Gasteiger partial charge in [-0.3, -0.25) is 0 Å². The highest BCUT2D eigenvalue weighted by atomic mass is 16.5. The number of rotatable bonds is 3. The molecule has 0 saturated heterocycles. The van der Waals surface area contributed by atoms with Crippen LogP contribution in [0.4, 0.5) is 0 Å². The van der Waals surface area contributed by atoms with Crippen molar-refractivity contribution in [1.82, 2.24) is 9.13 Å². The SMILES string of the molecule is c1ccc2c(c1)OB1c3cc(-c4ccc(-n5c6ccccc6c6ccccc65)cc4)ccc3Oc3cc(-n4c5ccccc5c5ccccc54)cc-2c31. The van der Waals surface area contributed by atoms with Crippen LogP contribution in [0.5, 0.6) is 17.2 Å². The highest BCUT2D eigenvalue weighted by molar-refractivity contribution is 6.84. The Hall–Kier alpha value is -6.98. The van der Waals surface area contributed by atoms with Gasteiger partial charge in [0.1, 0.15) is 17.2 Å². The molecule has 4 heterocycles. The highest BCUT2D eigenvalue weighted by Gasteiger charge is 2.41. The van der Waals surface area contributed by atoms with E-state index in [4.69, 9.17) is 9.39 Å². The van der Waals surface area contributed by atoms with E-state index in [0.29, 0.717) is 0 Å². The van der Waals surface area contributed by atoms with Gasteiger partial charge in [-0.15, -0.1) is 0 Å². The van der Waals surface area contributed by atoms with E-state index in [-0.39, 0.29) is 6.92 Å². The van der Waals surface area contributed by atoms with E-state index in [2.05, 4.69) is 185 Å². The van der Waals surface area contributed by atoms with Gasteiger partial charge in [0.05, 0.1) is 27.8 Å². The minimum absolute atomic E-state index is 0.303. The Labute approximate surface area is 305 Å². The number of aromatic nitrogens is 2. The Bertz CT molecular complexity index is 3030. The maximum absolute atomic E-state index is 6.89. The van der Waals surface area contributed by atoms with E-state index < -0.39 is 0 Å². The second-order valence-corrected chi connectivity index (χ2v) is 14.0. The van der Waals surface area contributed by atoms with Crippen LogP contribution in [0.3, 0.4) is 0 Å². The molecule has 0 amide bonds. The molecule has 0 bridgehead atoms. The third-order valence-corrected chi connectivity index (χ3v) is 11.2. The third-order valence-electron chi connectivity index (χ3n) is 11.2. The van der Waals surface area contributed by atoms with E-state index in [1.54, 1.807) is 0 Å². The Morgan fingerprint density at radius 3 is 1.53 bits per heavy atom. The first-order chi connectivity index (χ1) is 26.3. The zero-order chi connectivity index (χ0) is 34.6. The van der Waals surface area contributed by atoms with Gasteiger partial charge in [-0.2, -0.15) is 0 Å². The molecule has 2 aliphatic rings. The molecule has 246 valence electrons. The number of hydrogen-bond donors (Lipinski definition) is 0. The molecule has 2 aromatic heterocycles. The summed E-state index contributed by atoms with van der Waals surface area (Å²) in [5.41, 5.74) is 13.5. The summed E-state index contributed by atoms with van der Waals surface area (Å²) >= 11 is 0. The van der Waals surface area contributed by atoms with Crippen molar-refractivity contribution >= 4 is 61.5 Å². The summed E-state index contributed by atoms with van der Waals surface area (Å²) < 4.78 is 18.5. The van der Waals surface area contributed by atoms with Gasteiger partial charge in [-0.25, -0.2) is 0 Å². The van der Waals surface area contributed by atoms with E-state index in [0.717, 1.165) is 61.8 Å². The van der Waals surface area contributed by atoms with Crippen LogP contribution in [0.1, 0.15) is 0 Å². The summed E-state index contributed by atoms with van der Waals surface area (Å²) in [6.07, 6.45) is 0. The Balaban J connectivity index is 0.986. The number of hydrogen-bond acceptors (Lipinski definition) is 2. The standard InChI is InChI=1S/C48H29BN2O2/c1-6-16-41-34(11-1)35-12-2-7-17-42(35)50(41)32-24-21-30(22-25-32)31-23-26-46-40(27-31)49-48-39(38-15-5-10-20-45(38)53-49)28-33(29-47(48)52-46)51-43-18-8-3-13-36(43)37-14-4-9-19-44(37)51/h1-29H. The van der Waals surface area contributed by atoms with Crippen molar-refractivity contribution in [3.8, 4) is 50.9 Å². The number of benzene rings is 8. The van der Waals surface area contributed by atoms with Crippen LogP contribution in [0.15, 0.2) is 176 Å². The van der Waals surface area contributed by atoms with Crippen LogP contribution in [-0.4, -0.2) is 16.0 Å². The zero-order valence-corrected chi connectivity index (χ0v) is 28.5. The fourth-order valence-corrected chi connectivity index (χ4v) is 8.86. The summed E-state index contributed by atoms with van der Waals surface area (Å²) in [4.78, 5) is 0. The molecule has 0 fully saturated rings. The van der Waals surface area contributed by atoms with Crippen molar-refractivity contribution < 1.29 is 9.39 Å². The van der Waals surface area contributed by atoms with Crippen LogP contribution in [0, 0.1) is 0 Å². The van der Waals surface area contributed by atoms with Crippen molar-refractivity contribution in [2.24, 2.45) is 0 Å². The van der Waals surface area contributed by atoms with Crippen LogP contribution < -0.4 is 20.3 Å². The van der Waals surface area contributed by atoms with Gasteiger partial charge in [0.2, 0.25) is 0 Å². The maximum Gasteiger partial charge on any atom is 0.434 e. The molecule has 53 heavy (non-hydrogen) atoms. The molecule has 0 atom stereocenters. The summed E-state index contributed by atoms with van der Waals surface area (Å²) in [5.74, 6) is 2.52. The van der Waals surface area contributed by atoms with E-state index in [1.165, 1.54) is 43.6 Å². The van der Waals surface area contributed by atoms with E-state index >= 15 is 0 Å². The number of fused-ring (bicyclic) bond motifs is 10. The topological polar surface area (TPSA) is 28.3 Å². The molecule has 0 N–H and O–H groups in total. The van der Waals surface area contributed by atoms with Gasteiger partial charge in [0, 0.05) is 49.8 Å². The summed E-state index contributed by atoms with van der Waals surface area (Å²) in [6.45, 7) is -0.303. The lowest BCUT2D eigenvalue weighted by Crippen LogP contribution is -2.53. The quantitative estimate of drug-likeness (QED) is 0.174. The number of ether oxygens (including phenoxy) is 1. The molecule has 12 rings (SSSR count). The summed E-state index contributed by atoms with van der Waals surface area (Å²) in [5, 5.41) is 4.99. The molecular weight excluding hydrogens is 647 g/mol. The van der Waals surface area contributed by atoms with Crippen molar-refractivity contribution in [2.45, 2.75) is 0 Å². The first-order valence-corrected chi connectivity index (χ1v) is 18.1. The first-order valence-electron chi connectivity index (χ1n) is 18.1. The molecule has 0 saturated carbocycles. The lowest BCUT2D eigenvalue weighted by atomic mass is 9.50. The van der Waals surface area contributed by atoms with Crippen LogP contribution in [-0.2, 0) is 0 Å². The lowest BCUT2D eigenvalue weighted by molar-refractivity contribution is 0.479. The monoisotopic (exact) mass is 676 g/mol. The van der Waals surface area contributed by atoms with Crippen molar-refractivity contribution in [3.63, 3.8) is 0 Å². The van der Waals surface area contributed by atoms with Crippen molar-refractivity contribution in [1.29, 1.82) is 0 Å². The molecule has 10 aromatic rings. The third kappa shape index (κ3) is 4.07. The van der Waals surface area contributed by atoms with Crippen LogP contribution in [0.2, 0.25) is 0 Å². The maximum atomic E-state index is 6.89. The summed E-state index contributed by atoms with van der Waals surface area (Å²) in [6, 6.07) is 62.8. The van der Waals surface area contributed by atoms with Gasteiger partial charge in [0.25, 0.3) is 0 Å². The minimum Gasteiger partial charge on any atom is -0.551 e. The molecule has 0 spiro atoms. The first kappa shape index (κ1) is 28.7. The summed E-state index contributed by atoms with van der Waals surface area (Å²) in [7, 11) is 0. The fraction of sp³-hybridized carbons (Fsp3) is 0. The molecule has 0 unspecified atom stereocenters. The van der Waals surface area contributed by atoms with Gasteiger partial charge in [0.15, 0.2) is 0 Å². The van der Waals surface area contributed by atoms with Gasteiger partial charge < -0.3 is 18.5 Å². The number of nitrogens with zero attached hydrogens (tertiary/aromatic N) is 2. The highest BCUT2D eigenvalue weighted by Crippen LogP contribution is 2.42. The predicted octanol–water partition coefficient (Wildman–Crippen LogP) is 10.8. The lowest BCUT2D eigenvalue weighted by Gasteiger charge is -2.33. The fourth-order valence-electron chi connectivity index (χ4n) is 8.86. The van der Waals surface area contributed by atoms with Gasteiger partial charge in [-0.1, -0.05) is 115 Å². The van der Waals surface area contributed by atoms with E-state index in [9.17, 15) is 0 Å². The Morgan fingerprint density at radius 1 is 0.377 bits per heavy atom. The normalized spacial score (nSPS) is 12.8. The second kappa shape index (κ2) is 10.8.